The summed E-state index contributed by atoms with van der Waals surface area (Å²) in [6, 6.07) is 7.14. The summed E-state index contributed by atoms with van der Waals surface area (Å²) in [4.78, 5) is 11.8. The molecule has 0 aliphatic heterocycles. The molecule has 98 valence electrons. The fourth-order valence-corrected chi connectivity index (χ4v) is 2.73. The number of hydrogen-bond donors (Lipinski definition) is 1. The maximum atomic E-state index is 11.8. The van der Waals surface area contributed by atoms with Gasteiger partial charge in [0, 0.05) is 4.47 Å². The van der Waals surface area contributed by atoms with Gasteiger partial charge in [0.25, 0.3) is 0 Å². The first-order valence-electron chi connectivity index (χ1n) is 6.26. The molecule has 1 aromatic rings. The summed E-state index contributed by atoms with van der Waals surface area (Å²) in [6.45, 7) is 0. The van der Waals surface area contributed by atoms with Crippen molar-refractivity contribution in [2.45, 2.75) is 44.1 Å². The van der Waals surface area contributed by atoms with Crippen molar-refractivity contribution < 1.29 is 14.6 Å². The maximum absolute atomic E-state index is 11.8. The van der Waals surface area contributed by atoms with Crippen LogP contribution in [0.2, 0.25) is 0 Å². The van der Waals surface area contributed by atoms with Crippen LogP contribution in [0.25, 0.3) is 0 Å². The number of carbonyl (C=O) groups excluding carboxylic acids is 1. The van der Waals surface area contributed by atoms with Crippen molar-refractivity contribution in [3.05, 3.63) is 28.7 Å². The highest BCUT2D eigenvalue weighted by Gasteiger charge is 2.32. The van der Waals surface area contributed by atoms with Crippen LogP contribution in [0.4, 0.5) is 0 Å². The first-order chi connectivity index (χ1) is 8.57. The first kappa shape index (κ1) is 13.6. The SMILES string of the molecule is O=C(CC1(O)CCCCC1)Oc1cccc(Br)c1. The second-order valence-electron chi connectivity index (χ2n) is 4.89. The third kappa shape index (κ3) is 3.82. The van der Waals surface area contributed by atoms with Crippen molar-refractivity contribution in [3.63, 3.8) is 0 Å². The van der Waals surface area contributed by atoms with Crippen molar-refractivity contribution >= 4 is 21.9 Å². The molecule has 0 saturated heterocycles. The fraction of sp³-hybridized carbons (Fsp3) is 0.500. The molecule has 0 amide bonds. The molecule has 18 heavy (non-hydrogen) atoms. The normalized spacial score (nSPS) is 18.3. The number of ether oxygens (including phenoxy) is 1. The molecule has 1 aromatic carbocycles. The summed E-state index contributed by atoms with van der Waals surface area (Å²) in [7, 11) is 0. The van der Waals surface area contributed by atoms with Crippen LogP contribution < -0.4 is 4.74 Å². The first-order valence-corrected chi connectivity index (χ1v) is 7.05. The van der Waals surface area contributed by atoms with Gasteiger partial charge in [-0.25, -0.2) is 0 Å². The van der Waals surface area contributed by atoms with Gasteiger partial charge in [-0.15, -0.1) is 0 Å². The lowest BCUT2D eigenvalue weighted by atomic mass is 9.82. The quantitative estimate of drug-likeness (QED) is 0.687. The van der Waals surface area contributed by atoms with E-state index in [9.17, 15) is 9.90 Å². The van der Waals surface area contributed by atoms with Gasteiger partial charge in [-0.2, -0.15) is 0 Å². The van der Waals surface area contributed by atoms with Crippen LogP contribution in [-0.2, 0) is 4.79 Å². The number of rotatable bonds is 3. The van der Waals surface area contributed by atoms with Gasteiger partial charge in [0.15, 0.2) is 0 Å². The molecule has 1 aliphatic carbocycles. The zero-order valence-corrected chi connectivity index (χ0v) is 11.8. The van der Waals surface area contributed by atoms with Crippen LogP contribution in [0, 0.1) is 0 Å². The van der Waals surface area contributed by atoms with E-state index in [1.165, 1.54) is 0 Å². The van der Waals surface area contributed by atoms with Gasteiger partial charge in [-0.05, 0) is 31.0 Å². The Kier molecular flexibility index (Phi) is 4.40. The van der Waals surface area contributed by atoms with Gasteiger partial charge in [0.05, 0.1) is 12.0 Å². The molecule has 0 radical (unpaired) electrons. The van der Waals surface area contributed by atoms with E-state index in [-0.39, 0.29) is 12.4 Å². The number of aliphatic hydroxyl groups is 1. The monoisotopic (exact) mass is 312 g/mol. The van der Waals surface area contributed by atoms with E-state index in [4.69, 9.17) is 4.74 Å². The van der Waals surface area contributed by atoms with Crippen molar-refractivity contribution in [1.29, 1.82) is 0 Å². The molecule has 0 spiro atoms. The van der Waals surface area contributed by atoms with Crippen LogP contribution in [-0.4, -0.2) is 16.7 Å². The average molecular weight is 313 g/mol. The molecule has 3 nitrogen and oxygen atoms in total. The number of halogens is 1. The third-order valence-corrected chi connectivity index (χ3v) is 3.78. The van der Waals surface area contributed by atoms with E-state index in [1.807, 2.05) is 12.1 Å². The van der Waals surface area contributed by atoms with Gasteiger partial charge >= 0.3 is 5.97 Å². The molecule has 0 unspecified atom stereocenters. The Morgan fingerprint density at radius 2 is 2.06 bits per heavy atom. The van der Waals surface area contributed by atoms with Crippen LogP contribution in [0.5, 0.6) is 5.75 Å². The van der Waals surface area contributed by atoms with Gasteiger partial charge in [-0.3, -0.25) is 4.79 Å². The molecule has 0 aromatic heterocycles. The molecular weight excluding hydrogens is 296 g/mol. The highest BCUT2D eigenvalue weighted by Crippen LogP contribution is 2.31. The molecule has 0 heterocycles. The van der Waals surface area contributed by atoms with Gasteiger partial charge in [-0.1, -0.05) is 41.3 Å². The lowest BCUT2D eigenvalue weighted by Gasteiger charge is -2.30. The summed E-state index contributed by atoms with van der Waals surface area (Å²) in [5.41, 5.74) is -0.860. The molecule has 0 atom stereocenters. The van der Waals surface area contributed by atoms with Crippen molar-refractivity contribution in [2.75, 3.05) is 0 Å². The average Bonchev–Trinajstić information content (AvgIpc) is 2.28. The predicted molar refractivity (Wildman–Crippen MR) is 72.4 cm³/mol. The number of benzene rings is 1. The van der Waals surface area contributed by atoms with E-state index in [1.54, 1.807) is 12.1 Å². The maximum Gasteiger partial charge on any atom is 0.314 e. The molecule has 4 heteroatoms. The smallest absolute Gasteiger partial charge is 0.314 e. The Morgan fingerprint density at radius 3 is 2.72 bits per heavy atom. The standard InChI is InChI=1S/C14H17BrO3/c15-11-5-4-6-12(9-11)18-13(16)10-14(17)7-2-1-3-8-14/h4-6,9,17H,1-3,7-8,10H2. The van der Waals surface area contributed by atoms with Crippen LogP contribution in [0.1, 0.15) is 38.5 Å². The summed E-state index contributed by atoms with van der Waals surface area (Å²) in [5, 5.41) is 10.3. The molecule has 1 aliphatic rings. The summed E-state index contributed by atoms with van der Waals surface area (Å²) in [6.07, 6.45) is 4.59. The molecule has 1 fully saturated rings. The Bertz CT molecular complexity index is 425. The Labute approximate surface area is 115 Å². The zero-order chi connectivity index (χ0) is 13.0. The van der Waals surface area contributed by atoms with Crippen molar-refractivity contribution in [2.24, 2.45) is 0 Å². The van der Waals surface area contributed by atoms with E-state index >= 15 is 0 Å². The molecular formula is C14H17BrO3. The Morgan fingerprint density at radius 1 is 1.33 bits per heavy atom. The van der Waals surface area contributed by atoms with Gasteiger partial charge in [0.2, 0.25) is 0 Å². The second-order valence-corrected chi connectivity index (χ2v) is 5.81. The predicted octanol–water partition coefficient (Wildman–Crippen LogP) is 3.44. The fourth-order valence-electron chi connectivity index (χ4n) is 2.35. The van der Waals surface area contributed by atoms with Crippen LogP contribution >= 0.6 is 15.9 Å². The summed E-state index contributed by atoms with van der Waals surface area (Å²) < 4.78 is 6.10. The minimum atomic E-state index is -0.860. The van der Waals surface area contributed by atoms with Crippen molar-refractivity contribution in [1.82, 2.24) is 0 Å². The lowest BCUT2D eigenvalue weighted by molar-refractivity contribution is -0.141. The van der Waals surface area contributed by atoms with E-state index in [0.717, 1.165) is 23.7 Å². The topological polar surface area (TPSA) is 46.5 Å². The summed E-state index contributed by atoms with van der Waals surface area (Å²) in [5.74, 6) is 0.145. The zero-order valence-electron chi connectivity index (χ0n) is 10.2. The van der Waals surface area contributed by atoms with Crippen LogP contribution in [0.15, 0.2) is 28.7 Å². The van der Waals surface area contributed by atoms with Gasteiger partial charge in [0.1, 0.15) is 5.75 Å². The molecule has 0 bridgehead atoms. The molecule has 1 saturated carbocycles. The molecule has 1 N–H and O–H groups in total. The lowest BCUT2D eigenvalue weighted by Crippen LogP contribution is -2.35. The Balaban J connectivity index is 1.92. The Hall–Kier alpha value is -0.870. The van der Waals surface area contributed by atoms with E-state index in [0.29, 0.717) is 18.6 Å². The minimum Gasteiger partial charge on any atom is -0.426 e. The largest absolute Gasteiger partial charge is 0.426 e. The number of carbonyl (C=O) groups is 1. The van der Waals surface area contributed by atoms with E-state index in [2.05, 4.69) is 15.9 Å². The minimum absolute atomic E-state index is 0.0829. The summed E-state index contributed by atoms with van der Waals surface area (Å²) >= 11 is 3.32. The number of hydrogen-bond acceptors (Lipinski definition) is 3. The van der Waals surface area contributed by atoms with Gasteiger partial charge < -0.3 is 9.84 Å². The number of esters is 1. The van der Waals surface area contributed by atoms with Crippen LogP contribution in [0.3, 0.4) is 0 Å². The van der Waals surface area contributed by atoms with E-state index < -0.39 is 5.60 Å². The highest BCUT2D eigenvalue weighted by molar-refractivity contribution is 9.10. The van der Waals surface area contributed by atoms with Crippen molar-refractivity contribution in [3.8, 4) is 5.75 Å². The third-order valence-electron chi connectivity index (χ3n) is 3.29. The molecule has 2 rings (SSSR count). The second kappa shape index (κ2) is 5.85. The highest BCUT2D eigenvalue weighted by atomic mass is 79.9.